The average Bonchev–Trinajstić information content (AvgIpc) is 3.08. The van der Waals surface area contributed by atoms with Crippen LogP contribution in [0, 0.1) is 0 Å². The summed E-state index contributed by atoms with van der Waals surface area (Å²) >= 11 is 1.50. The molecular weight excluding hydrogens is 334 g/mol. The molecule has 2 aromatic heterocycles. The Balaban J connectivity index is 1.67. The summed E-state index contributed by atoms with van der Waals surface area (Å²) in [6.07, 6.45) is 0.779. The molecule has 0 unspecified atom stereocenters. The summed E-state index contributed by atoms with van der Waals surface area (Å²) in [6, 6.07) is 12.6. The molecule has 0 saturated heterocycles. The van der Waals surface area contributed by atoms with E-state index in [0.717, 1.165) is 33.1 Å². The van der Waals surface area contributed by atoms with E-state index in [2.05, 4.69) is 15.3 Å². The first-order chi connectivity index (χ1) is 12.1. The largest absolute Gasteiger partial charge is 0.322 e. The van der Waals surface area contributed by atoms with Crippen LogP contribution in [0.3, 0.4) is 0 Å². The second-order valence-electron chi connectivity index (χ2n) is 5.76. The number of rotatable bonds is 3. The topological polar surface area (TPSA) is 74.8 Å². The normalized spacial score (nSPS) is 11.1. The molecule has 6 heteroatoms. The average molecular weight is 349 g/mol. The number of aromatic amines is 1. The predicted octanol–water partition coefficient (Wildman–Crippen LogP) is 3.95. The van der Waals surface area contributed by atoms with Crippen LogP contribution in [0.5, 0.6) is 0 Å². The number of benzene rings is 2. The molecule has 1 amide bonds. The Hall–Kier alpha value is -2.99. The number of aryl methyl sites for hydroxylation is 1. The smallest absolute Gasteiger partial charge is 0.255 e. The molecule has 2 N–H and O–H groups in total. The van der Waals surface area contributed by atoms with E-state index < -0.39 is 0 Å². The van der Waals surface area contributed by atoms with E-state index in [0.29, 0.717) is 11.3 Å². The highest BCUT2D eigenvalue weighted by molar-refractivity contribution is 7.16. The standard InChI is InChI=1S/C19H15N3O2S/c1-2-11-8-18(23)22-16-9-13(4-5-14(11)16)21-19(24)12-3-6-15-17(7-12)25-10-20-15/h3-10H,2H2,1H3,(H,21,24)(H,22,23). The molecule has 0 spiro atoms. The summed E-state index contributed by atoms with van der Waals surface area (Å²) < 4.78 is 0.975. The molecule has 4 aromatic rings. The fourth-order valence-electron chi connectivity index (χ4n) is 2.90. The van der Waals surface area contributed by atoms with Crippen molar-refractivity contribution in [2.24, 2.45) is 0 Å². The van der Waals surface area contributed by atoms with Crippen LogP contribution in [0.15, 0.2) is 52.8 Å². The molecule has 0 saturated carbocycles. The number of carbonyl (C=O) groups excluding carboxylic acids is 1. The van der Waals surface area contributed by atoms with Crippen LogP contribution < -0.4 is 10.9 Å². The highest BCUT2D eigenvalue weighted by Gasteiger charge is 2.09. The number of nitrogens with zero attached hydrogens (tertiary/aromatic N) is 1. The maximum atomic E-state index is 12.5. The number of H-pyrrole nitrogens is 1. The molecule has 0 bridgehead atoms. The van der Waals surface area contributed by atoms with Gasteiger partial charge in [-0.25, -0.2) is 4.98 Å². The number of amides is 1. The fraction of sp³-hybridized carbons (Fsp3) is 0.105. The van der Waals surface area contributed by atoms with Crippen LogP contribution in [-0.4, -0.2) is 15.9 Å². The van der Waals surface area contributed by atoms with E-state index in [1.807, 2.05) is 31.2 Å². The van der Waals surface area contributed by atoms with Crippen molar-refractivity contribution in [2.45, 2.75) is 13.3 Å². The zero-order valence-electron chi connectivity index (χ0n) is 13.5. The lowest BCUT2D eigenvalue weighted by Crippen LogP contribution is -2.12. The lowest BCUT2D eigenvalue weighted by molar-refractivity contribution is 0.102. The van der Waals surface area contributed by atoms with E-state index in [1.165, 1.54) is 11.3 Å². The van der Waals surface area contributed by atoms with E-state index in [-0.39, 0.29) is 11.5 Å². The quantitative estimate of drug-likeness (QED) is 0.588. The molecule has 25 heavy (non-hydrogen) atoms. The Labute approximate surface area is 147 Å². The van der Waals surface area contributed by atoms with E-state index in [1.54, 1.807) is 23.7 Å². The monoisotopic (exact) mass is 349 g/mol. The molecule has 2 aromatic carbocycles. The van der Waals surface area contributed by atoms with Crippen molar-refractivity contribution in [3.63, 3.8) is 0 Å². The van der Waals surface area contributed by atoms with E-state index in [9.17, 15) is 9.59 Å². The molecule has 0 aliphatic heterocycles. The molecule has 0 aliphatic rings. The van der Waals surface area contributed by atoms with Crippen molar-refractivity contribution in [3.8, 4) is 0 Å². The first-order valence-corrected chi connectivity index (χ1v) is 8.82. The maximum Gasteiger partial charge on any atom is 0.255 e. The maximum absolute atomic E-state index is 12.5. The highest BCUT2D eigenvalue weighted by atomic mass is 32.1. The Bertz CT molecular complexity index is 1160. The molecular formula is C19H15N3O2S. The third-order valence-electron chi connectivity index (χ3n) is 4.16. The first-order valence-electron chi connectivity index (χ1n) is 7.94. The van der Waals surface area contributed by atoms with Gasteiger partial charge in [-0.05, 0) is 42.3 Å². The summed E-state index contributed by atoms with van der Waals surface area (Å²) in [4.78, 5) is 31.3. The van der Waals surface area contributed by atoms with Gasteiger partial charge in [0, 0.05) is 22.7 Å². The van der Waals surface area contributed by atoms with Gasteiger partial charge in [-0.2, -0.15) is 0 Å². The van der Waals surface area contributed by atoms with Gasteiger partial charge >= 0.3 is 0 Å². The summed E-state index contributed by atoms with van der Waals surface area (Å²) in [5.41, 5.74) is 5.45. The summed E-state index contributed by atoms with van der Waals surface area (Å²) in [6.45, 7) is 2.01. The van der Waals surface area contributed by atoms with Crippen molar-refractivity contribution < 1.29 is 4.79 Å². The van der Waals surface area contributed by atoms with Crippen LogP contribution in [-0.2, 0) is 6.42 Å². The minimum Gasteiger partial charge on any atom is -0.322 e. The minimum absolute atomic E-state index is 0.136. The predicted molar refractivity (Wildman–Crippen MR) is 102 cm³/mol. The van der Waals surface area contributed by atoms with Crippen molar-refractivity contribution in [3.05, 3.63) is 69.5 Å². The Morgan fingerprint density at radius 1 is 1.20 bits per heavy atom. The third-order valence-corrected chi connectivity index (χ3v) is 4.95. The second-order valence-corrected chi connectivity index (χ2v) is 6.65. The highest BCUT2D eigenvalue weighted by Crippen LogP contribution is 2.22. The van der Waals surface area contributed by atoms with Gasteiger partial charge in [0.1, 0.15) is 0 Å². The number of fused-ring (bicyclic) bond motifs is 2. The number of aromatic nitrogens is 2. The lowest BCUT2D eigenvalue weighted by atomic mass is 10.1. The van der Waals surface area contributed by atoms with Crippen LogP contribution in [0.1, 0.15) is 22.8 Å². The number of hydrogen-bond donors (Lipinski definition) is 2. The second kappa shape index (κ2) is 6.14. The fourth-order valence-corrected chi connectivity index (χ4v) is 3.62. The molecule has 5 nitrogen and oxygen atoms in total. The van der Waals surface area contributed by atoms with Gasteiger partial charge in [0.25, 0.3) is 5.91 Å². The lowest BCUT2D eigenvalue weighted by Gasteiger charge is -2.08. The van der Waals surface area contributed by atoms with Crippen LogP contribution in [0.2, 0.25) is 0 Å². The zero-order valence-corrected chi connectivity index (χ0v) is 14.3. The Morgan fingerprint density at radius 3 is 2.92 bits per heavy atom. The van der Waals surface area contributed by atoms with Gasteiger partial charge in [0.05, 0.1) is 21.2 Å². The number of thiazole rings is 1. The number of anilines is 1. The van der Waals surface area contributed by atoms with Crippen LogP contribution >= 0.6 is 11.3 Å². The molecule has 124 valence electrons. The minimum atomic E-state index is -0.191. The van der Waals surface area contributed by atoms with Gasteiger partial charge in [0.15, 0.2) is 0 Å². The van der Waals surface area contributed by atoms with E-state index >= 15 is 0 Å². The van der Waals surface area contributed by atoms with Crippen molar-refractivity contribution >= 4 is 44.1 Å². The number of hydrogen-bond acceptors (Lipinski definition) is 4. The first kappa shape index (κ1) is 15.5. The van der Waals surface area contributed by atoms with Gasteiger partial charge in [0.2, 0.25) is 5.56 Å². The number of pyridine rings is 1. The zero-order chi connectivity index (χ0) is 17.4. The summed E-state index contributed by atoms with van der Waals surface area (Å²) in [5.74, 6) is -0.191. The van der Waals surface area contributed by atoms with Crippen molar-refractivity contribution in [1.29, 1.82) is 0 Å². The summed E-state index contributed by atoms with van der Waals surface area (Å²) in [5, 5.41) is 3.88. The molecule has 2 heterocycles. The Kier molecular flexibility index (Phi) is 3.82. The number of carbonyl (C=O) groups is 1. The molecule has 4 rings (SSSR count). The van der Waals surface area contributed by atoms with Gasteiger partial charge < -0.3 is 10.3 Å². The van der Waals surface area contributed by atoms with Crippen LogP contribution in [0.4, 0.5) is 5.69 Å². The van der Waals surface area contributed by atoms with Crippen molar-refractivity contribution in [2.75, 3.05) is 5.32 Å². The van der Waals surface area contributed by atoms with Crippen LogP contribution in [0.25, 0.3) is 21.1 Å². The van der Waals surface area contributed by atoms with Gasteiger partial charge in [-0.1, -0.05) is 13.0 Å². The SMILES string of the molecule is CCc1cc(=O)[nH]c2cc(NC(=O)c3ccc4ncsc4c3)ccc12. The molecule has 0 aliphatic carbocycles. The van der Waals surface area contributed by atoms with Gasteiger partial charge in [-0.15, -0.1) is 11.3 Å². The molecule has 0 atom stereocenters. The van der Waals surface area contributed by atoms with Crippen molar-refractivity contribution in [1.82, 2.24) is 9.97 Å². The van der Waals surface area contributed by atoms with Gasteiger partial charge in [-0.3, -0.25) is 9.59 Å². The van der Waals surface area contributed by atoms with E-state index in [4.69, 9.17) is 0 Å². The summed E-state index contributed by atoms with van der Waals surface area (Å²) in [7, 11) is 0. The number of nitrogens with one attached hydrogen (secondary N) is 2. The molecule has 0 radical (unpaired) electrons. The third kappa shape index (κ3) is 2.92. The Morgan fingerprint density at radius 2 is 2.08 bits per heavy atom. The molecule has 0 fully saturated rings.